The van der Waals surface area contributed by atoms with Crippen molar-refractivity contribution in [3.63, 3.8) is 0 Å². The fourth-order valence-corrected chi connectivity index (χ4v) is 5.44. The first-order chi connectivity index (χ1) is 11.9. The summed E-state index contributed by atoms with van der Waals surface area (Å²) in [6, 6.07) is 12.6. The average molecular weight is 359 g/mol. The molecular weight excluding hydrogens is 332 g/mol. The summed E-state index contributed by atoms with van der Waals surface area (Å²) in [5, 5.41) is 29.0. The number of rotatable bonds is 7. The highest BCUT2D eigenvalue weighted by molar-refractivity contribution is 6.74. The molecule has 25 heavy (non-hydrogen) atoms. The standard InChI is InChI=1S/C20H26O4Si/c1-4-25(5-2,6-3)24-20-10-9-17(21)13-16(20)8-7-15-11-18(22)14-19(23)12-15/h7-14,21-23H,4-6H2,1-3H3. The maximum atomic E-state index is 9.83. The van der Waals surface area contributed by atoms with E-state index in [1.165, 1.54) is 6.07 Å². The predicted octanol–water partition coefficient (Wildman–Crippen LogP) is 5.36. The molecule has 134 valence electrons. The fourth-order valence-electron chi connectivity index (χ4n) is 2.86. The molecule has 0 aromatic heterocycles. The lowest BCUT2D eigenvalue weighted by atomic mass is 10.1. The molecule has 5 heteroatoms. The predicted molar refractivity (Wildman–Crippen MR) is 105 cm³/mol. The summed E-state index contributed by atoms with van der Waals surface area (Å²) in [5.74, 6) is 0.931. The zero-order valence-electron chi connectivity index (χ0n) is 15.0. The minimum absolute atomic E-state index is 0.00130. The van der Waals surface area contributed by atoms with Gasteiger partial charge in [-0.25, -0.2) is 0 Å². The van der Waals surface area contributed by atoms with Crippen molar-refractivity contribution >= 4 is 20.5 Å². The van der Waals surface area contributed by atoms with Gasteiger partial charge < -0.3 is 19.7 Å². The van der Waals surface area contributed by atoms with E-state index in [-0.39, 0.29) is 17.2 Å². The van der Waals surface area contributed by atoms with Crippen LogP contribution in [0.5, 0.6) is 23.0 Å². The summed E-state index contributed by atoms with van der Waals surface area (Å²) in [4.78, 5) is 0. The van der Waals surface area contributed by atoms with Crippen molar-refractivity contribution in [2.75, 3.05) is 0 Å². The van der Waals surface area contributed by atoms with Crippen molar-refractivity contribution in [2.45, 2.75) is 38.9 Å². The Hall–Kier alpha value is -2.40. The maximum absolute atomic E-state index is 9.83. The van der Waals surface area contributed by atoms with Crippen LogP contribution in [-0.2, 0) is 0 Å². The Bertz CT molecular complexity index is 723. The number of hydrogen-bond acceptors (Lipinski definition) is 4. The summed E-state index contributed by atoms with van der Waals surface area (Å²) in [6.07, 6.45) is 3.59. The van der Waals surface area contributed by atoms with Crippen molar-refractivity contribution in [3.8, 4) is 23.0 Å². The van der Waals surface area contributed by atoms with Gasteiger partial charge in [0.1, 0.15) is 23.0 Å². The lowest BCUT2D eigenvalue weighted by Gasteiger charge is -2.29. The van der Waals surface area contributed by atoms with E-state index < -0.39 is 8.32 Å². The second kappa shape index (κ2) is 8.12. The molecule has 0 aliphatic rings. The monoisotopic (exact) mass is 358 g/mol. The largest absolute Gasteiger partial charge is 0.543 e. The van der Waals surface area contributed by atoms with Gasteiger partial charge in [0.05, 0.1) is 0 Å². The van der Waals surface area contributed by atoms with Crippen LogP contribution in [0.1, 0.15) is 31.9 Å². The smallest absolute Gasteiger partial charge is 0.250 e. The van der Waals surface area contributed by atoms with Gasteiger partial charge in [-0.2, -0.15) is 0 Å². The van der Waals surface area contributed by atoms with E-state index in [1.807, 2.05) is 6.08 Å². The summed E-state index contributed by atoms with van der Waals surface area (Å²) in [7, 11) is -1.83. The molecule has 3 N–H and O–H groups in total. The van der Waals surface area contributed by atoms with Gasteiger partial charge in [0, 0.05) is 11.6 Å². The first-order valence-electron chi connectivity index (χ1n) is 8.64. The molecule has 0 fully saturated rings. The molecule has 0 bridgehead atoms. The highest BCUT2D eigenvalue weighted by Crippen LogP contribution is 2.32. The van der Waals surface area contributed by atoms with Crippen LogP contribution in [0.25, 0.3) is 12.2 Å². The Morgan fingerprint density at radius 3 is 1.96 bits per heavy atom. The minimum atomic E-state index is -1.83. The summed E-state index contributed by atoms with van der Waals surface area (Å²) in [6.45, 7) is 6.51. The fraction of sp³-hybridized carbons (Fsp3) is 0.300. The van der Waals surface area contributed by atoms with E-state index in [0.29, 0.717) is 5.56 Å². The molecule has 0 saturated heterocycles. The molecule has 0 unspecified atom stereocenters. The van der Waals surface area contributed by atoms with E-state index >= 15 is 0 Å². The van der Waals surface area contributed by atoms with Gasteiger partial charge in [-0.1, -0.05) is 32.9 Å². The van der Waals surface area contributed by atoms with E-state index in [1.54, 1.807) is 36.4 Å². The van der Waals surface area contributed by atoms with Gasteiger partial charge in [-0.3, -0.25) is 0 Å². The van der Waals surface area contributed by atoms with Crippen molar-refractivity contribution < 1.29 is 19.7 Å². The molecule has 0 saturated carbocycles. The van der Waals surface area contributed by atoms with Crippen LogP contribution in [0.2, 0.25) is 18.1 Å². The van der Waals surface area contributed by atoms with Crippen LogP contribution in [0.3, 0.4) is 0 Å². The third-order valence-corrected chi connectivity index (χ3v) is 9.15. The molecule has 0 atom stereocenters. The van der Waals surface area contributed by atoms with Crippen LogP contribution >= 0.6 is 0 Å². The molecule has 0 aliphatic carbocycles. The number of hydrogen-bond donors (Lipinski definition) is 3. The normalized spacial score (nSPS) is 11.8. The highest BCUT2D eigenvalue weighted by Gasteiger charge is 2.31. The lowest BCUT2D eigenvalue weighted by Crippen LogP contribution is -2.39. The molecule has 0 spiro atoms. The summed E-state index contributed by atoms with van der Waals surface area (Å²) >= 11 is 0. The van der Waals surface area contributed by atoms with E-state index in [9.17, 15) is 15.3 Å². The molecule has 4 nitrogen and oxygen atoms in total. The van der Waals surface area contributed by atoms with Crippen LogP contribution in [0, 0.1) is 0 Å². The molecule has 2 rings (SSSR count). The minimum Gasteiger partial charge on any atom is -0.543 e. The first-order valence-corrected chi connectivity index (χ1v) is 11.2. The van der Waals surface area contributed by atoms with Crippen LogP contribution in [0.4, 0.5) is 0 Å². The number of benzene rings is 2. The van der Waals surface area contributed by atoms with Crippen molar-refractivity contribution in [1.82, 2.24) is 0 Å². The average Bonchev–Trinajstić information content (AvgIpc) is 2.59. The first kappa shape index (κ1) is 18.9. The van der Waals surface area contributed by atoms with Gasteiger partial charge in [0.25, 0.3) is 8.32 Å². The third kappa shape index (κ3) is 4.79. The Balaban J connectivity index is 2.37. The van der Waals surface area contributed by atoms with Crippen LogP contribution < -0.4 is 4.43 Å². The number of aromatic hydroxyl groups is 3. The highest BCUT2D eigenvalue weighted by atomic mass is 28.4. The van der Waals surface area contributed by atoms with E-state index in [0.717, 1.165) is 29.4 Å². The zero-order chi connectivity index (χ0) is 18.4. The van der Waals surface area contributed by atoms with Crippen molar-refractivity contribution in [3.05, 3.63) is 47.5 Å². The van der Waals surface area contributed by atoms with Gasteiger partial charge in [-0.05, 0) is 54.0 Å². The Morgan fingerprint density at radius 1 is 0.800 bits per heavy atom. The van der Waals surface area contributed by atoms with E-state index in [4.69, 9.17) is 4.43 Å². The summed E-state index contributed by atoms with van der Waals surface area (Å²) in [5.41, 5.74) is 1.44. The van der Waals surface area contributed by atoms with Crippen molar-refractivity contribution in [1.29, 1.82) is 0 Å². The molecule has 2 aromatic rings. The molecule has 0 radical (unpaired) electrons. The third-order valence-electron chi connectivity index (χ3n) is 4.63. The quantitative estimate of drug-likeness (QED) is 0.460. The van der Waals surface area contributed by atoms with E-state index in [2.05, 4.69) is 20.8 Å². The number of phenolic OH excluding ortho intramolecular Hbond substituents is 3. The molecule has 0 aliphatic heterocycles. The SMILES string of the molecule is CC[Si](CC)(CC)Oc1ccc(O)cc1C=Cc1cc(O)cc(O)c1. The molecule has 0 heterocycles. The second-order valence-corrected chi connectivity index (χ2v) is 10.9. The number of phenols is 3. The van der Waals surface area contributed by atoms with Crippen LogP contribution in [-0.4, -0.2) is 23.6 Å². The molecule has 0 amide bonds. The van der Waals surface area contributed by atoms with Crippen LogP contribution in [0.15, 0.2) is 36.4 Å². The Labute approximate surface area is 150 Å². The van der Waals surface area contributed by atoms with Gasteiger partial charge in [0.15, 0.2) is 0 Å². The van der Waals surface area contributed by atoms with Gasteiger partial charge in [-0.15, -0.1) is 0 Å². The molecular formula is C20H26O4Si. The second-order valence-electron chi connectivity index (χ2n) is 6.18. The van der Waals surface area contributed by atoms with Gasteiger partial charge in [0.2, 0.25) is 0 Å². The maximum Gasteiger partial charge on any atom is 0.250 e. The Morgan fingerprint density at radius 2 is 1.40 bits per heavy atom. The van der Waals surface area contributed by atoms with Crippen molar-refractivity contribution in [2.24, 2.45) is 0 Å². The summed E-state index contributed by atoms with van der Waals surface area (Å²) < 4.78 is 6.45. The zero-order valence-corrected chi connectivity index (χ0v) is 16.0. The molecule has 2 aromatic carbocycles. The topological polar surface area (TPSA) is 69.9 Å². The van der Waals surface area contributed by atoms with Gasteiger partial charge >= 0.3 is 0 Å². The Kier molecular flexibility index (Phi) is 6.15. The lowest BCUT2D eigenvalue weighted by molar-refractivity contribution is 0.450.